The third-order valence-corrected chi connectivity index (χ3v) is 3.84. The van der Waals surface area contributed by atoms with Crippen LogP contribution in [-0.4, -0.2) is 28.3 Å². The molecule has 5 heteroatoms. The van der Waals surface area contributed by atoms with Gasteiger partial charge in [0.1, 0.15) is 0 Å². The summed E-state index contributed by atoms with van der Waals surface area (Å²) in [4.78, 5) is 4.37. The third kappa shape index (κ3) is 2.59. The first-order valence-corrected chi connectivity index (χ1v) is 6.98. The van der Waals surface area contributed by atoms with Crippen LogP contribution in [0.2, 0.25) is 0 Å². The summed E-state index contributed by atoms with van der Waals surface area (Å²) in [6, 6.07) is 8.13. The maximum absolute atomic E-state index is 10.5. The highest BCUT2D eigenvalue weighted by Crippen LogP contribution is 2.27. The average Bonchev–Trinajstić information content (AvgIpc) is 2.92. The highest BCUT2D eigenvalue weighted by Gasteiger charge is 2.36. The Hall–Kier alpha value is -1.72. The van der Waals surface area contributed by atoms with Crippen LogP contribution in [-0.2, 0) is 12.0 Å². The van der Waals surface area contributed by atoms with Crippen molar-refractivity contribution in [3.63, 3.8) is 0 Å². The summed E-state index contributed by atoms with van der Waals surface area (Å²) in [6.07, 6.45) is 2.19. The molecule has 1 aliphatic rings. The molecule has 5 nitrogen and oxygen atoms in total. The Morgan fingerprint density at radius 1 is 1.40 bits per heavy atom. The van der Waals surface area contributed by atoms with Gasteiger partial charge in [-0.2, -0.15) is 4.98 Å². The van der Waals surface area contributed by atoms with E-state index in [0.29, 0.717) is 31.1 Å². The Labute approximate surface area is 118 Å². The van der Waals surface area contributed by atoms with Crippen molar-refractivity contribution in [3.8, 4) is 0 Å². The Balaban J connectivity index is 1.78. The molecule has 2 heterocycles. The molecule has 1 fully saturated rings. The number of aryl methyl sites for hydroxylation is 1. The van der Waals surface area contributed by atoms with Crippen LogP contribution in [0.5, 0.6) is 0 Å². The molecule has 1 unspecified atom stereocenters. The molecule has 3 rings (SSSR count). The summed E-state index contributed by atoms with van der Waals surface area (Å²) >= 11 is 0. The lowest BCUT2D eigenvalue weighted by molar-refractivity contribution is -0.0167. The molecule has 106 valence electrons. The van der Waals surface area contributed by atoms with Crippen molar-refractivity contribution < 1.29 is 9.63 Å². The highest BCUT2D eigenvalue weighted by molar-refractivity contribution is 5.28. The minimum absolute atomic E-state index is 0.327. The van der Waals surface area contributed by atoms with Gasteiger partial charge >= 0.3 is 0 Å². The van der Waals surface area contributed by atoms with Gasteiger partial charge in [-0.1, -0.05) is 29.4 Å². The summed E-state index contributed by atoms with van der Waals surface area (Å²) in [5.74, 6) is 0.946. The summed E-state index contributed by atoms with van der Waals surface area (Å²) in [5, 5.41) is 17.7. The van der Waals surface area contributed by atoms with E-state index in [0.717, 1.165) is 13.0 Å². The molecule has 1 aromatic heterocycles. The van der Waals surface area contributed by atoms with E-state index >= 15 is 0 Å². The first kappa shape index (κ1) is 13.3. The number of benzene rings is 1. The van der Waals surface area contributed by atoms with Crippen molar-refractivity contribution in [2.45, 2.75) is 31.8 Å². The second kappa shape index (κ2) is 5.34. The second-order valence-corrected chi connectivity index (χ2v) is 5.43. The molecule has 1 saturated heterocycles. The highest BCUT2D eigenvalue weighted by atomic mass is 16.5. The van der Waals surface area contributed by atoms with Gasteiger partial charge in [-0.3, -0.25) is 0 Å². The quantitative estimate of drug-likeness (QED) is 0.887. The average molecular weight is 273 g/mol. The van der Waals surface area contributed by atoms with Crippen LogP contribution in [0, 0.1) is 6.92 Å². The minimum Gasteiger partial charge on any atom is -0.379 e. The van der Waals surface area contributed by atoms with Gasteiger partial charge in [0.2, 0.25) is 0 Å². The van der Waals surface area contributed by atoms with Crippen molar-refractivity contribution in [1.29, 1.82) is 0 Å². The fraction of sp³-hybridized carbons (Fsp3) is 0.467. The lowest BCUT2D eigenvalue weighted by Gasteiger charge is -2.28. The van der Waals surface area contributed by atoms with E-state index < -0.39 is 5.60 Å². The van der Waals surface area contributed by atoms with Gasteiger partial charge < -0.3 is 14.9 Å². The zero-order chi connectivity index (χ0) is 14.0. The number of nitrogens with one attached hydrogen (secondary N) is 1. The van der Waals surface area contributed by atoms with Crippen molar-refractivity contribution in [1.82, 2.24) is 15.5 Å². The van der Waals surface area contributed by atoms with Crippen molar-refractivity contribution in [2.75, 3.05) is 13.1 Å². The summed E-state index contributed by atoms with van der Waals surface area (Å²) < 4.78 is 5.27. The fourth-order valence-electron chi connectivity index (χ4n) is 2.57. The van der Waals surface area contributed by atoms with Gasteiger partial charge in [0.15, 0.2) is 11.4 Å². The predicted octanol–water partition coefficient (Wildman–Crippen LogP) is 1.54. The number of aliphatic hydroxyl groups is 1. The molecule has 0 amide bonds. The van der Waals surface area contributed by atoms with E-state index in [1.54, 1.807) is 0 Å². The van der Waals surface area contributed by atoms with Crippen molar-refractivity contribution in [3.05, 3.63) is 47.1 Å². The lowest BCUT2D eigenvalue weighted by Crippen LogP contribution is -2.43. The van der Waals surface area contributed by atoms with Crippen LogP contribution < -0.4 is 5.32 Å². The Kier molecular flexibility index (Phi) is 3.54. The normalized spacial score (nSPS) is 22.9. The maximum atomic E-state index is 10.5. The fourth-order valence-corrected chi connectivity index (χ4v) is 2.57. The van der Waals surface area contributed by atoms with E-state index in [-0.39, 0.29) is 0 Å². The van der Waals surface area contributed by atoms with Crippen molar-refractivity contribution in [2.24, 2.45) is 0 Å². The standard InChI is InChI=1S/C15H19N3O2/c1-11-5-2-3-6-12(11)9-13-17-14(20-18-13)15(19)7-4-8-16-10-15/h2-3,5-6,16,19H,4,7-10H2,1H3. The molecule has 0 radical (unpaired) electrons. The molecule has 0 aliphatic carbocycles. The first-order chi connectivity index (χ1) is 9.67. The zero-order valence-corrected chi connectivity index (χ0v) is 11.6. The van der Waals surface area contributed by atoms with Crippen LogP contribution in [0.25, 0.3) is 0 Å². The van der Waals surface area contributed by atoms with Crippen molar-refractivity contribution >= 4 is 0 Å². The number of hydrogen-bond donors (Lipinski definition) is 2. The van der Waals surface area contributed by atoms with E-state index in [1.807, 2.05) is 12.1 Å². The maximum Gasteiger partial charge on any atom is 0.259 e. The Morgan fingerprint density at radius 3 is 3.00 bits per heavy atom. The molecule has 2 N–H and O–H groups in total. The van der Waals surface area contributed by atoms with Gasteiger partial charge in [0.05, 0.1) is 0 Å². The summed E-state index contributed by atoms with van der Waals surface area (Å²) in [6.45, 7) is 3.46. The molecule has 0 bridgehead atoms. The number of β-amino-alcohol motifs (C(OH)–C–C–N with tert-alkyl or cyclic N) is 1. The zero-order valence-electron chi connectivity index (χ0n) is 11.6. The van der Waals surface area contributed by atoms with Crippen LogP contribution in [0.15, 0.2) is 28.8 Å². The number of hydrogen-bond acceptors (Lipinski definition) is 5. The molecule has 1 aromatic carbocycles. The second-order valence-electron chi connectivity index (χ2n) is 5.43. The van der Waals surface area contributed by atoms with E-state index in [2.05, 4.69) is 34.5 Å². The summed E-state index contributed by atoms with van der Waals surface area (Å²) in [5.41, 5.74) is 1.36. The van der Waals surface area contributed by atoms with E-state index in [9.17, 15) is 5.11 Å². The SMILES string of the molecule is Cc1ccccc1Cc1noc(C2(O)CCCNC2)n1. The largest absolute Gasteiger partial charge is 0.379 e. The molecule has 1 atom stereocenters. The van der Waals surface area contributed by atoms with Gasteiger partial charge in [0.25, 0.3) is 5.89 Å². The number of nitrogens with zero attached hydrogens (tertiary/aromatic N) is 2. The molecule has 20 heavy (non-hydrogen) atoms. The number of piperidine rings is 1. The molecular formula is C15H19N3O2. The van der Waals surface area contributed by atoms with Gasteiger partial charge in [0, 0.05) is 13.0 Å². The third-order valence-electron chi connectivity index (χ3n) is 3.84. The van der Waals surface area contributed by atoms with E-state index in [1.165, 1.54) is 11.1 Å². The molecule has 1 aliphatic heterocycles. The minimum atomic E-state index is -1.02. The van der Waals surface area contributed by atoms with Crippen LogP contribution >= 0.6 is 0 Å². The van der Waals surface area contributed by atoms with E-state index in [4.69, 9.17) is 4.52 Å². The van der Waals surface area contributed by atoms with Gasteiger partial charge in [-0.25, -0.2) is 0 Å². The van der Waals surface area contributed by atoms with Gasteiger partial charge in [-0.05, 0) is 37.4 Å². The Morgan fingerprint density at radius 2 is 2.25 bits per heavy atom. The van der Waals surface area contributed by atoms with Crippen LogP contribution in [0.1, 0.15) is 35.7 Å². The molecule has 0 spiro atoms. The molecule has 0 saturated carbocycles. The van der Waals surface area contributed by atoms with Crippen LogP contribution in [0.4, 0.5) is 0 Å². The first-order valence-electron chi connectivity index (χ1n) is 6.98. The predicted molar refractivity (Wildman–Crippen MR) is 74.3 cm³/mol. The van der Waals surface area contributed by atoms with Gasteiger partial charge in [-0.15, -0.1) is 0 Å². The summed E-state index contributed by atoms with van der Waals surface area (Å²) in [7, 11) is 0. The molecular weight excluding hydrogens is 254 g/mol. The topological polar surface area (TPSA) is 71.2 Å². The Bertz CT molecular complexity index is 588. The smallest absolute Gasteiger partial charge is 0.259 e. The monoisotopic (exact) mass is 273 g/mol. The van der Waals surface area contributed by atoms with Crippen LogP contribution in [0.3, 0.4) is 0 Å². The molecule has 2 aromatic rings. The number of aromatic nitrogens is 2. The lowest BCUT2D eigenvalue weighted by atomic mass is 9.94. The number of rotatable bonds is 3.